The van der Waals surface area contributed by atoms with Crippen LogP contribution in [0.3, 0.4) is 0 Å². The van der Waals surface area contributed by atoms with Crippen LogP contribution in [0.1, 0.15) is 12.5 Å². The van der Waals surface area contributed by atoms with E-state index in [4.69, 9.17) is 5.73 Å². The number of hydrogen-bond donors (Lipinski definition) is 1. The van der Waals surface area contributed by atoms with Crippen LogP contribution in [0.15, 0.2) is 78.9 Å². The summed E-state index contributed by atoms with van der Waals surface area (Å²) in [6.07, 6.45) is 1.05. The van der Waals surface area contributed by atoms with Gasteiger partial charge in [-0.05, 0) is 60.5 Å². The molecule has 0 spiro atoms. The summed E-state index contributed by atoms with van der Waals surface area (Å²) in [6.45, 7) is 2.17. The third-order valence-corrected chi connectivity index (χ3v) is 3.77. The third-order valence-electron chi connectivity index (χ3n) is 3.77. The number of hydrogen-bond acceptors (Lipinski definition) is 2. The number of rotatable bonds is 4. The summed E-state index contributed by atoms with van der Waals surface area (Å²) in [4.78, 5) is 2.24. The zero-order chi connectivity index (χ0) is 15.4. The Balaban J connectivity index is 2.07. The number of benzene rings is 3. The summed E-state index contributed by atoms with van der Waals surface area (Å²) in [6, 6.07) is 27.1. The van der Waals surface area contributed by atoms with E-state index in [1.807, 2.05) is 18.2 Å². The largest absolute Gasteiger partial charge is 0.399 e. The zero-order valence-corrected chi connectivity index (χ0v) is 12.7. The van der Waals surface area contributed by atoms with Gasteiger partial charge in [-0.25, -0.2) is 0 Å². The number of nitrogen functional groups attached to an aromatic ring is 1. The van der Waals surface area contributed by atoms with Crippen LogP contribution in [0.25, 0.3) is 0 Å². The normalized spacial score (nSPS) is 10.4. The second-order valence-electron chi connectivity index (χ2n) is 5.28. The average molecular weight is 288 g/mol. The third kappa shape index (κ3) is 2.96. The molecular formula is C20H20N2. The van der Waals surface area contributed by atoms with Gasteiger partial charge in [0.1, 0.15) is 0 Å². The molecule has 0 atom stereocenters. The maximum atomic E-state index is 5.82. The van der Waals surface area contributed by atoms with Crippen LogP contribution in [-0.4, -0.2) is 0 Å². The van der Waals surface area contributed by atoms with Crippen LogP contribution in [0.5, 0.6) is 0 Å². The highest BCUT2D eigenvalue weighted by Gasteiger charge is 2.11. The molecule has 0 saturated heterocycles. The number of anilines is 4. The summed E-state index contributed by atoms with van der Waals surface area (Å²) in [5.74, 6) is 0. The van der Waals surface area contributed by atoms with Gasteiger partial charge in [-0.3, -0.25) is 0 Å². The summed E-state index contributed by atoms with van der Waals surface area (Å²) in [5.41, 5.74) is 11.3. The molecule has 2 heteroatoms. The van der Waals surface area contributed by atoms with Crippen LogP contribution in [-0.2, 0) is 6.42 Å². The molecule has 0 fully saturated rings. The van der Waals surface area contributed by atoms with E-state index in [-0.39, 0.29) is 0 Å². The molecule has 110 valence electrons. The molecular weight excluding hydrogens is 268 g/mol. The number of aryl methyl sites for hydroxylation is 1. The Kier molecular flexibility index (Phi) is 4.10. The summed E-state index contributed by atoms with van der Waals surface area (Å²) in [5, 5.41) is 0. The molecule has 0 aromatic heterocycles. The topological polar surface area (TPSA) is 29.3 Å². The van der Waals surface area contributed by atoms with E-state index in [0.29, 0.717) is 0 Å². The molecule has 3 aromatic carbocycles. The van der Waals surface area contributed by atoms with E-state index in [1.54, 1.807) is 0 Å². The lowest BCUT2D eigenvalue weighted by atomic mass is 10.1. The molecule has 2 nitrogen and oxygen atoms in total. The van der Waals surface area contributed by atoms with Crippen LogP contribution in [0.4, 0.5) is 22.7 Å². The predicted molar refractivity (Wildman–Crippen MR) is 94.9 cm³/mol. The Labute approximate surface area is 131 Å². The first-order valence-electron chi connectivity index (χ1n) is 7.57. The molecule has 0 aliphatic carbocycles. The summed E-state index contributed by atoms with van der Waals surface area (Å²) in [7, 11) is 0. The van der Waals surface area contributed by atoms with Crippen molar-refractivity contribution in [2.75, 3.05) is 10.6 Å². The number of para-hydroxylation sites is 1. The van der Waals surface area contributed by atoms with Crippen molar-refractivity contribution in [1.82, 2.24) is 0 Å². The van der Waals surface area contributed by atoms with E-state index in [1.165, 1.54) is 5.56 Å². The highest BCUT2D eigenvalue weighted by atomic mass is 15.1. The van der Waals surface area contributed by atoms with Crippen LogP contribution in [0.2, 0.25) is 0 Å². The van der Waals surface area contributed by atoms with E-state index in [9.17, 15) is 0 Å². The standard InChI is InChI=1S/C20H20N2/c1-2-16-8-12-19(13-9-16)22(18-6-4-3-5-7-18)20-14-10-17(21)11-15-20/h3-15H,2,21H2,1H3. The molecule has 2 N–H and O–H groups in total. The van der Waals surface area contributed by atoms with Gasteiger partial charge in [-0.1, -0.05) is 37.3 Å². The van der Waals surface area contributed by atoms with Gasteiger partial charge < -0.3 is 10.6 Å². The van der Waals surface area contributed by atoms with Gasteiger partial charge in [0, 0.05) is 22.7 Å². The molecule has 0 bridgehead atoms. The molecule has 0 saturated carbocycles. The quantitative estimate of drug-likeness (QED) is 0.660. The molecule has 0 aliphatic rings. The first kappa shape index (κ1) is 14.2. The Bertz CT molecular complexity index is 716. The highest BCUT2D eigenvalue weighted by molar-refractivity contribution is 5.77. The molecule has 0 aliphatic heterocycles. The van der Waals surface area contributed by atoms with Crippen molar-refractivity contribution in [2.24, 2.45) is 0 Å². The van der Waals surface area contributed by atoms with Crippen molar-refractivity contribution in [3.8, 4) is 0 Å². The average Bonchev–Trinajstić information content (AvgIpc) is 2.58. The van der Waals surface area contributed by atoms with Gasteiger partial charge in [0.15, 0.2) is 0 Å². The maximum Gasteiger partial charge on any atom is 0.0463 e. The lowest BCUT2D eigenvalue weighted by Gasteiger charge is -2.25. The SMILES string of the molecule is CCc1ccc(N(c2ccccc2)c2ccc(N)cc2)cc1. The summed E-state index contributed by atoms with van der Waals surface area (Å²) < 4.78 is 0. The van der Waals surface area contributed by atoms with Crippen LogP contribution in [0, 0.1) is 0 Å². The lowest BCUT2D eigenvalue weighted by molar-refractivity contribution is 1.14. The molecule has 3 aromatic rings. The van der Waals surface area contributed by atoms with Gasteiger partial charge in [-0.2, -0.15) is 0 Å². The molecule has 0 radical (unpaired) electrons. The first-order chi connectivity index (χ1) is 10.8. The molecule has 3 rings (SSSR count). The number of nitrogens with two attached hydrogens (primary N) is 1. The second-order valence-corrected chi connectivity index (χ2v) is 5.28. The van der Waals surface area contributed by atoms with Gasteiger partial charge in [0.2, 0.25) is 0 Å². The van der Waals surface area contributed by atoms with Gasteiger partial charge >= 0.3 is 0 Å². The maximum absolute atomic E-state index is 5.82. The Morgan fingerprint density at radius 3 is 1.73 bits per heavy atom. The minimum Gasteiger partial charge on any atom is -0.399 e. The minimum atomic E-state index is 0.776. The fourth-order valence-corrected chi connectivity index (χ4v) is 2.53. The smallest absolute Gasteiger partial charge is 0.0463 e. The van der Waals surface area contributed by atoms with Crippen LogP contribution < -0.4 is 10.6 Å². The second kappa shape index (κ2) is 6.35. The molecule has 0 heterocycles. The fourth-order valence-electron chi connectivity index (χ4n) is 2.53. The summed E-state index contributed by atoms with van der Waals surface area (Å²) >= 11 is 0. The van der Waals surface area contributed by atoms with Gasteiger partial charge in [0.25, 0.3) is 0 Å². The predicted octanol–water partition coefficient (Wildman–Crippen LogP) is 5.30. The molecule has 22 heavy (non-hydrogen) atoms. The Morgan fingerprint density at radius 1 is 0.682 bits per heavy atom. The Hall–Kier alpha value is -2.74. The lowest BCUT2D eigenvalue weighted by Crippen LogP contribution is -2.09. The van der Waals surface area contributed by atoms with Gasteiger partial charge in [-0.15, -0.1) is 0 Å². The molecule has 0 unspecified atom stereocenters. The van der Waals surface area contributed by atoms with Crippen molar-refractivity contribution in [1.29, 1.82) is 0 Å². The highest BCUT2D eigenvalue weighted by Crippen LogP contribution is 2.34. The molecule has 0 amide bonds. The number of nitrogens with zero attached hydrogens (tertiary/aromatic N) is 1. The van der Waals surface area contributed by atoms with Crippen molar-refractivity contribution in [3.63, 3.8) is 0 Å². The van der Waals surface area contributed by atoms with E-state index in [0.717, 1.165) is 29.2 Å². The fraction of sp³-hybridized carbons (Fsp3) is 0.100. The van der Waals surface area contributed by atoms with Crippen LogP contribution >= 0.6 is 0 Å². The van der Waals surface area contributed by atoms with Crippen molar-refractivity contribution in [3.05, 3.63) is 84.4 Å². The van der Waals surface area contributed by atoms with E-state index in [2.05, 4.69) is 72.5 Å². The van der Waals surface area contributed by atoms with Crippen molar-refractivity contribution >= 4 is 22.7 Å². The van der Waals surface area contributed by atoms with Gasteiger partial charge in [0.05, 0.1) is 0 Å². The van der Waals surface area contributed by atoms with Crippen molar-refractivity contribution in [2.45, 2.75) is 13.3 Å². The Morgan fingerprint density at radius 2 is 1.18 bits per heavy atom. The zero-order valence-electron chi connectivity index (χ0n) is 12.7. The monoisotopic (exact) mass is 288 g/mol. The van der Waals surface area contributed by atoms with E-state index >= 15 is 0 Å². The first-order valence-corrected chi connectivity index (χ1v) is 7.57. The minimum absolute atomic E-state index is 0.776. The van der Waals surface area contributed by atoms with E-state index < -0.39 is 0 Å². The van der Waals surface area contributed by atoms with Crippen molar-refractivity contribution < 1.29 is 0 Å².